The molecule has 1 aliphatic rings. The van der Waals surface area contributed by atoms with Crippen LogP contribution in [0.25, 0.3) is 5.52 Å². The minimum Gasteiger partial charge on any atom is -0.481 e. The van der Waals surface area contributed by atoms with Crippen LogP contribution in [0, 0.1) is 11.3 Å². The fourth-order valence-corrected chi connectivity index (χ4v) is 3.90. The van der Waals surface area contributed by atoms with Crippen molar-refractivity contribution in [3.63, 3.8) is 0 Å². The molecule has 24 heavy (non-hydrogen) atoms. The van der Waals surface area contributed by atoms with Gasteiger partial charge in [-0.05, 0) is 30.7 Å². The Hall–Kier alpha value is -2.02. The Bertz CT molecular complexity index is 801. The van der Waals surface area contributed by atoms with Gasteiger partial charge in [-0.1, -0.05) is 31.7 Å². The first-order valence-electron chi connectivity index (χ1n) is 7.94. The lowest BCUT2D eigenvalue weighted by Gasteiger charge is -2.28. The Kier molecular flexibility index (Phi) is 4.29. The van der Waals surface area contributed by atoms with E-state index in [1.165, 1.54) is 11.8 Å². The van der Waals surface area contributed by atoms with Gasteiger partial charge in [0, 0.05) is 19.3 Å². The third-order valence-corrected chi connectivity index (χ3v) is 5.67. The summed E-state index contributed by atoms with van der Waals surface area (Å²) in [7, 11) is 0. The van der Waals surface area contributed by atoms with E-state index in [1.807, 2.05) is 48.9 Å². The summed E-state index contributed by atoms with van der Waals surface area (Å²) < 4.78 is 1.89. The highest BCUT2D eigenvalue weighted by Crippen LogP contribution is 2.39. The zero-order valence-electron chi connectivity index (χ0n) is 14.0. The number of rotatable bonds is 4. The molecule has 0 radical (unpaired) electrons. The summed E-state index contributed by atoms with van der Waals surface area (Å²) in [5.74, 6) is -1.05. The lowest BCUT2D eigenvalue weighted by molar-refractivity contribution is -0.150. The van der Waals surface area contributed by atoms with Gasteiger partial charge in [-0.3, -0.25) is 14.0 Å². The number of carboxylic acids is 1. The molecule has 1 amide bonds. The van der Waals surface area contributed by atoms with E-state index in [2.05, 4.69) is 4.98 Å². The van der Waals surface area contributed by atoms with Gasteiger partial charge >= 0.3 is 5.97 Å². The maximum Gasteiger partial charge on any atom is 0.311 e. The molecule has 3 heterocycles. The molecule has 3 rings (SSSR count). The standard InChI is InChI=1S/C17H21N3O3S/c1-11(2)17(15(22)23)7-9-19(10-17)14(21)13-12-6-4-5-8-20(12)16(18-13)24-3/h4-6,8,11H,7,9-10H2,1-3H3,(H,22,23). The molecule has 1 saturated heterocycles. The average molecular weight is 347 g/mol. The van der Waals surface area contributed by atoms with Crippen LogP contribution in [-0.4, -0.2) is 50.6 Å². The first kappa shape index (κ1) is 16.8. The Balaban J connectivity index is 1.95. The smallest absolute Gasteiger partial charge is 0.311 e. The van der Waals surface area contributed by atoms with Crippen LogP contribution in [0.5, 0.6) is 0 Å². The van der Waals surface area contributed by atoms with Gasteiger partial charge in [0.05, 0.1) is 10.9 Å². The quantitative estimate of drug-likeness (QED) is 0.861. The van der Waals surface area contributed by atoms with Crippen LogP contribution in [0.3, 0.4) is 0 Å². The number of fused-ring (bicyclic) bond motifs is 1. The van der Waals surface area contributed by atoms with Crippen molar-refractivity contribution in [2.75, 3.05) is 19.3 Å². The molecule has 2 aromatic heterocycles. The highest BCUT2D eigenvalue weighted by molar-refractivity contribution is 7.98. The molecule has 1 unspecified atom stereocenters. The van der Waals surface area contributed by atoms with Crippen molar-refractivity contribution >= 4 is 29.2 Å². The molecule has 1 atom stereocenters. The topological polar surface area (TPSA) is 74.9 Å². The van der Waals surface area contributed by atoms with Crippen molar-refractivity contribution in [2.24, 2.45) is 11.3 Å². The minimum atomic E-state index is -0.868. The number of nitrogens with zero attached hydrogens (tertiary/aromatic N) is 3. The zero-order valence-corrected chi connectivity index (χ0v) is 14.8. The molecule has 0 aromatic carbocycles. The van der Waals surface area contributed by atoms with Crippen molar-refractivity contribution in [3.8, 4) is 0 Å². The average Bonchev–Trinajstić information content (AvgIpc) is 3.17. The molecule has 0 bridgehead atoms. The third-order valence-electron chi connectivity index (χ3n) is 5.02. The molecule has 1 fully saturated rings. The fourth-order valence-electron chi connectivity index (χ4n) is 3.36. The second kappa shape index (κ2) is 6.12. The van der Waals surface area contributed by atoms with Crippen LogP contribution < -0.4 is 0 Å². The Morgan fingerprint density at radius 1 is 1.38 bits per heavy atom. The summed E-state index contributed by atoms with van der Waals surface area (Å²) in [5.41, 5.74) is 0.280. The van der Waals surface area contributed by atoms with Crippen molar-refractivity contribution in [2.45, 2.75) is 25.4 Å². The number of hydrogen-bond acceptors (Lipinski definition) is 4. The van der Waals surface area contributed by atoms with Crippen molar-refractivity contribution < 1.29 is 14.7 Å². The highest BCUT2D eigenvalue weighted by atomic mass is 32.2. The SMILES string of the molecule is CSc1nc(C(=O)N2CCC(C(=O)O)(C(C)C)C2)c2ccccn12. The molecule has 2 aromatic rings. The van der Waals surface area contributed by atoms with E-state index >= 15 is 0 Å². The van der Waals surface area contributed by atoms with Gasteiger partial charge in [-0.2, -0.15) is 0 Å². The molecule has 7 heteroatoms. The van der Waals surface area contributed by atoms with Crippen LogP contribution in [0.15, 0.2) is 29.6 Å². The van der Waals surface area contributed by atoms with E-state index in [-0.39, 0.29) is 18.4 Å². The monoisotopic (exact) mass is 347 g/mol. The number of carbonyl (C=O) groups is 2. The normalized spacial score (nSPS) is 20.9. The Labute approximate surface area is 144 Å². The van der Waals surface area contributed by atoms with Gasteiger partial charge in [-0.25, -0.2) is 4.98 Å². The number of carbonyl (C=O) groups excluding carboxylic acids is 1. The van der Waals surface area contributed by atoms with Gasteiger partial charge in [0.2, 0.25) is 0 Å². The molecule has 128 valence electrons. The number of pyridine rings is 1. The summed E-state index contributed by atoms with van der Waals surface area (Å²) in [4.78, 5) is 30.9. The number of aliphatic carboxylic acids is 1. The van der Waals surface area contributed by atoms with E-state index in [0.717, 1.165) is 10.7 Å². The summed E-state index contributed by atoms with van der Waals surface area (Å²) in [6, 6.07) is 5.63. The molecular weight excluding hydrogens is 326 g/mol. The van der Waals surface area contributed by atoms with E-state index in [1.54, 1.807) is 4.90 Å². The molecule has 0 saturated carbocycles. The van der Waals surface area contributed by atoms with Crippen LogP contribution in [0.2, 0.25) is 0 Å². The van der Waals surface area contributed by atoms with Crippen molar-refractivity contribution in [1.82, 2.24) is 14.3 Å². The van der Waals surface area contributed by atoms with Crippen LogP contribution in [0.4, 0.5) is 0 Å². The Morgan fingerprint density at radius 3 is 2.71 bits per heavy atom. The molecule has 6 nitrogen and oxygen atoms in total. The third kappa shape index (κ3) is 2.47. The predicted octanol–water partition coefficient (Wildman–Crippen LogP) is 2.63. The van der Waals surface area contributed by atoms with Crippen LogP contribution >= 0.6 is 11.8 Å². The molecule has 1 N–H and O–H groups in total. The zero-order chi connectivity index (χ0) is 17.5. The van der Waals surface area contributed by atoms with E-state index in [0.29, 0.717) is 18.7 Å². The molecule has 0 spiro atoms. The first-order chi connectivity index (χ1) is 11.4. The second-order valence-electron chi connectivity index (χ2n) is 6.50. The predicted molar refractivity (Wildman–Crippen MR) is 92.4 cm³/mol. The van der Waals surface area contributed by atoms with Gasteiger partial charge < -0.3 is 10.0 Å². The van der Waals surface area contributed by atoms with Gasteiger partial charge in [-0.15, -0.1) is 0 Å². The van der Waals surface area contributed by atoms with E-state index in [9.17, 15) is 14.7 Å². The summed E-state index contributed by atoms with van der Waals surface area (Å²) in [6.07, 6.45) is 4.28. The van der Waals surface area contributed by atoms with E-state index < -0.39 is 11.4 Å². The highest BCUT2D eigenvalue weighted by Gasteiger charge is 2.48. The van der Waals surface area contributed by atoms with Gasteiger partial charge in [0.15, 0.2) is 10.9 Å². The van der Waals surface area contributed by atoms with Crippen LogP contribution in [-0.2, 0) is 4.79 Å². The largest absolute Gasteiger partial charge is 0.481 e. The summed E-state index contributed by atoms with van der Waals surface area (Å²) >= 11 is 1.48. The summed E-state index contributed by atoms with van der Waals surface area (Å²) in [5, 5.41) is 10.4. The number of hydrogen-bond donors (Lipinski definition) is 1. The number of amides is 1. The lowest BCUT2D eigenvalue weighted by Crippen LogP contribution is -2.40. The van der Waals surface area contributed by atoms with Crippen LogP contribution in [0.1, 0.15) is 30.8 Å². The summed E-state index contributed by atoms with van der Waals surface area (Å²) in [6.45, 7) is 4.49. The van der Waals surface area contributed by atoms with Crippen molar-refractivity contribution in [1.29, 1.82) is 0 Å². The number of aromatic nitrogens is 2. The number of thioether (sulfide) groups is 1. The van der Waals surface area contributed by atoms with Gasteiger partial charge in [0.1, 0.15) is 0 Å². The minimum absolute atomic E-state index is 0.0340. The second-order valence-corrected chi connectivity index (χ2v) is 7.27. The number of likely N-dealkylation sites (tertiary alicyclic amines) is 1. The maximum absolute atomic E-state index is 13.0. The van der Waals surface area contributed by atoms with Gasteiger partial charge in [0.25, 0.3) is 5.91 Å². The number of imidazole rings is 1. The first-order valence-corrected chi connectivity index (χ1v) is 9.17. The molecule has 0 aliphatic carbocycles. The van der Waals surface area contributed by atoms with Crippen molar-refractivity contribution in [3.05, 3.63) is 30.1 Å². The Morgan fingerprint density at radius 2 is 2.12 bits per heavy atom. The maximum atomic E-state index is 13.0. The number of carboxylic acid groups (broad SMARTS) is 1. The lowest BCUT2D eigenvalue weighted by atomic mass is 9.76. The fraction of sp³-hybridized carbons (Fsp3) is 0.471. The molecular formula is C17H21N3O3S. The molecule has 1 aliphatic heterocycles. The van der Waals surface area contributed by atoms with E-state index in [4.69, 9.17) is 0 Å².